The fourth-order valence-corrected chi connectivity index (χ4v) is 2.26. The Morgan fingerprint density at radius 1 is 1.24 bits per heavy atom. The Labute approximate surface area is 100 Å². The van der Waals surface area contributed by atoms with Gasteiger partial charge in [-0.2, -0.15) is 0 Å². The minimum Gasteiger partial charge on any atom is -0.382 e. The number of anilines is 1. The summed E-state index contributed by atoms with van der Waals surface area (Å²) in [5, 5.41) is 6.37. The van der Waals surface area contributed by atoms with Crippen molar-refractivity contribution in [1.82, 2.24) is 5.32 Å². The van der Waals surface area contributed by atoms with Crippen LogP contribution < -0.4 is 10.6 Å². The third kappa shape index (κ3) is 1.73. The van der Waals surface area contributed by atoms with E-state index < -0.39 is 0 Å². The van der Waals surface area contributed by atoms with Crippen molar-refractivity contribution in [2.75, 3.05) is 11.9 Å². The smallest absolute Gasteiger partial charge is 0.247 e. The molecule has 1 unspecified atom stereocenters. The van der Waals surface area contributed by atoms with Crippen molar-refractivity contribution in [3.05, 3.63) is 47.1 Å². The number of rotatable bonds is 0. The van der Waals surface area contributed by atoms with Crippen LogP contribution in [0.5, 0.6) is 0 Å². The maximum atomic E-state index is 11.6. The number of nitrogens with one attached hydrogen (secondary N) is 2. The van der Waals surface area contributed by atoms with Gasteiger partial charge in [0.05, 0.1) is 6.04 Å². The first-order valence-electron chi connectivity index (χ1n) is 5.78. The van der Waals surface area contributed by atoms with Crippen LogP contribution in [0.25, 0.3) is 6.08 Å². The Kier molecular flexibility index (Phi) is 2.25. The molecular weight excluding hydrogens is 212 g/mol. The predicted molar refractivity (Wildman–Crippen MR) is 68.6 cm³/mol. The van der Waals surface area contributed by atoms with E-state index in [1.54, 1.807) is 0 Å². The lowest BCUT2D eigenvalue weighted by molar-refractivity contribution is -0.118. The largest absolute Gasteiger partial charge is 0.382 e. The van der Waals surface area contributed by atoms with Gasteiger partial charge in [0.2, 0.25) is 5.91 Å². The van der Waals surface area contributed by atoms with Crippen LogP contribution in [0.4, 0.5) is 5.69 Å². The summed E-state index contributed by atoms with van der Waals surface area (Å²) in [4.78, 5) is 11.6. The zero-order chi connectivity index (χ0) is 11.8. The van der Waals surface area contributed by atoms with Gasteiger partial charge in [-0.15, -0.1) is 0 Å². The van der Waals surface area contributed by atoms with E-state index in [-0.39, 0.29) is 11.9 Å². The van der Waals surface area contributed by atoms with E-state index in [4.69, 9.17) is 0 Å². The van der Waals surface area contributed by atoms with E-state index >= 15 is 0 Å². The number of carbonyl (C=O) groups excluding carboxylic acids is 1. The monoisotopic (exact) mass is 226 g/mol. The van der Waals surface area contributed by atoms with E-state index in [9.17, 15) is 4.79 Å². The Morgan fingerprint density at radius 2 is 2.06 bits per heavy atom. The Balaban J connectivity index is 2.08. The number of benzene rings is 1. The maximum Gasteiger partial charge on any atom is 0.247 e. The van der Waals surface area contributed by atoms with Gasteiger partial charge in [0.1, 0.15) is 0 Å². The highest BCUT2D eigenvalue weighted by atomic mass is 16.1. The molecule has 0 aliphatic carbocycles. The van der Waals surface area contributed by atoms with Crippen LogP contribution in [0, 0.1) is 0 Å². The molecule has 3 rings (SSSR count). The minimum absolute atomic E-state index is 0.0277. The summed E-state index contributed by atoms with van der Waals surface area (Å²) in [5.41, 5.74) is 4.23. The van der Waals surface area contributed by atoms with Crippen LogP contribution in [0.15, 0.2) is 41.5 Å². The number of amides is 1. The summed E-state index contributed by atoms with van der Waals surface area (Å²) < 4.78 is 0. The summed E-state index contributed by atoms with van der Waals surface area (Å²) in [7, 11) is 0. The van der Waals surface area contributed by atoms with Gasteiger partial charge in [0, 0.05) is 17.8 Å². The molecule has 2 aliphatic rings. The number of para-hydroxylation sites is 1. The summed E-state index contributed by atoms with van der Waals surface area (Å²) in [5.74, 6) is 0.0277. The van der Waals surface area contributed by atoms with Crippen LogP contribution in [0.1, 0.15) is 12.5 Å². The second-order valence-electron chi connectivity index (χ2n) is 4.47. The molecule has 3 nitrogen and oxygen atoms in total. The summed E-state index contributed by atoms with van der Waals surface area (Å²) in [6, 6.07) is 8.24. The first kappa shape index (κ1) is 10.1. The first-order valence-corrected chi connectivity index (χ1v) is 5.78. The summed E-state index contributed by atoms with van der Waals surface area (Å²) >= 11 is 0. The molecule has 3 heteroatoms. The van der Waals surface area contributed by atoms with Gasteiger partial charge in [-0.25, -0.2) is 0 Å². The molecule has 0 saturated carbocycles. The molecule has 2 N–H and O–H groups in total. The van der Waals surface area contributed by atoms with Crippen molar-refractivity contribution < 1.29 is 4.79 Å². The predicted octanol–water partition coefficient (Wildman–Crippen LogP) is 1.94. The summed E-state index contributed by atoms with van der Waals surface area (Å²) in [6.07, 6.45) is 4.12. The van der Waals surface area contributed by atoms with Crippen LogP contribution in [0.3, 0.4) is 0 Å². The zero-order valence-electron chi connectivity index (χ0n) is 9.66. The second-order valence-corrected chi connectivity index (χ2v) is 4.47. The van der Waals surface area contributed by atoms with Crippen molar-refractivity contribution in [3.8, 4) is 0 Å². The lowest BCUT2D eigenvalue weighted by Crippen LogP contribution is -2.43. The molecule has 0 aromatic heterocycles. The fraction of sp³-hybridized carbons (Fsp3) is 0.214. The SMILES string of the molecule is CC1=CC2=Cc3ccccc3NCC2NC1=O. The van der Waals surface area contributed by atoms with Gasteiger partial charge in [-0.1, -0.05) is 18.2 Å². The number of hydrogen-bond acceptors (Lipinski definition) is 2. The topological polar surface area (TPSA) is 41.1 Å². The van der Waals surface area contributed by atoms with Gasteiger partial charge in [0.25, 0.3) is 0 Å². The van der Waals surface area contributed by atoms with Crippen molar-refractivity contribution in [3.63, 3.8) is 0 Å². The van der Waals surface area contributed by atoms with Crippen LogP contribution in [0.2, 0.25) is 0 Å². The quantitative estimate of drug-likeness (QED) is 0.709. The molecule has 1 aromatic rings. The first-order chi connectivity index (χ1) is 8.24. The van der Waals surface area contributed by atoms with Crippen molar-refractivity contribution >= 4 is 17.7 Å². The maximum absolute atomic E-state index is 11.6. The molecule has 2 heterocycles. The van der Waals surface area contributed by atoms with Crippen LogP contribution in [-0.4, -0.2) is 18.5 Å². The van der Waals surface area contributed by atoms with Gasteiger partial charge in [-0.3, -0.25) is 4.79 Å². The van der Waals surface area contributed by atoms with Crippen LogP contribution >= 0.6 is 0 Å². The van der Waals surface area contributed by atoms with Crippen molar-refractivity contribution in [1.29, 1.82) is 0 Å². The Hall–Kier alpha value is -2.03. The molecule has 1 atom stereocenters. The molecule has 17 heavy (non-hydrogen) atoms. The van der Waals surface area contributed by atoms with Crippen molar-refractivity contribution in [2.45, 2.75) is 13.0 Å². The average molecular weight is 226 g/mol. The molecule has 0 bridgehead atoms. The Bertz CT molecular complexity index is 543. The molecular formula is C14H14N2O. The zero-order valence-corrected chi connectivity index (χ0v) is 9.66. The molecule has 0 spiro atoms. The average Bonchev–Trinajstić information content (AvgIpc) is 2.49. The van der Waals surface area contributed by atoms with E-state index in [0.29, 0.717) is 0 Å². The number of fused-ring (bicyclic) bond motifs is 2. The second kappa shape index (κ2) is 3.77. The Morgan fingerprint density at radius 3 is 2.94 bits per heavy atom. The standard InChI is InChI=1S/C14H14N2O/c1-9-6-11-7-10-4-2-3-5-12(10)15-8-13(11)16-14(9)17/h2-7,13,15H,8H2,1H3,(H,16,17). The van der Waals surface area contributed by atoms with Gasteiger partial charge < -0.3 is 10.6 Å². The fourth-order valence-electron chi connectivity index (χ4n) is 2.26. The lowest BCUT2D eigenvalue weighted by atomic mass is 9.98. The molecule has 86 valence electrons. The lowest BCUT2D eigenvalue weighted by Gasteiger charge is -2.23. The normalized spacial score (nSPS) is 22.2. The molecule has 0 fully saturated rings. The highest BCUT2D eigenvalue weighted by Gasteiger charge is 2.24. The molecule has 0 radical (unpaired) electrons. The van der Waals surface area contributed by atoms with E-state index in [0.717, 1.165) is 17.8 Å². The van der Waals surface area contributed by atoms with Gasteiger partial charge >= 0.3 is 0 Å². The highest BCUT2D eigenvalue weighted by Crippen LogP contribution is 2.26. The van der Waals surface area contributed by atoms with Gasteiger partial charge in [-0.05, 0) is 36.3 Å². The third-order valence-electron chi connectivity index (χ3n) is 3.23. The van der Waals surface area contributed by atoms with Crippen molar-refractivity contribution in [2.24, 2.45) is 0 Å². The summed E-state index contributed by atoms with van der Waals surface area (Å²) in [6.45, 7) is 2.58. The molecule has 1 amide bonds. The minimum atomic E-state index is 0.0277. The van der Waals surface area contributed by atoms with Crippen LogP contribution in [-0.2, 0) is 4.79 Å². The molecule has 2 aliphatic heterocycles. The molecule has 0 saturated heterocycles. The number of hydrogen-bond donors (Lipinski definition) is 2. The van der Waals surface area contributed by atoms with E-state index in [1.807, 2.05) is 25.1 Å². The van der Waals surface area contributed by atoms with E-state index in [1.165, 1.54) is 11.1 Å². The molecule has 1 aromatic carbocycles. The number of carbonyl (C=O) groups is 1. The highest BCUT2D eigenvalue weighted by molar-refractivity contribution is 5.96. The van der Waals surface area contributed by atoms with Gasteiger partial charge in [0.15, 0.2) is 0 Å². The van der Waals surface area contributed by atoms with E-state index in [2.05, 4.69) is 28.8 Å². The third-order valence-corrected chi connectivity index (χ3v) is 3.23.